The number of hydrogen-bond acceptors (Lipinski definition) is 5. The quantitative estimate of drug-likeness (QED) is 0.314. The van der Waals surface area contributed by atoms with Gasteiger partial charge in [0.2, 0.25) is 0 Å². The first-order valence-electron chi connectivity index (χ1n) is 8.74. The van der Waals surface area contributed by atoms with E-state index in [4.69, 9.17) is 21.4 Å². The lowest BCUT2D eigenvalue weighted by molar-refractivity contribution is -0.113. The maximum atomic E-state index is 12.9. The first-order valence-corrected chi connectivity index (χ1v) is 10.8. The fraction of sp³-hybridized carbons (Fsp3) is 0.0909. The van der Waals surface area contributed by atoms with Crippen molar-refractivity contribution in [3.63, 3.8) is 0 Å². The Bertz CT molecular complexity index is 1140. The van der Waals surface area contributed by atoms with Crippen molar-refractivity contribution in [2.45, 2.75) is 6.92 Å². The minimum Gasteiger partial charge on any atom is -0.497 e. The number of anilines is 1. The van der Waals surface area contributed by atoms with Crippen molar-refractivity contribution in [1.29, 1.82) is 0 Å². The average Bonchev–Trinajstić information content (AvgIpc) is 3.26. The molecule has 0 N–H and O–H groups in total. The van der Waals surface area contributed by atoms with Crippen LogP contribution in [0.1, 0.15) is 11.3 Å². The van der Waals surface area contributed by atoms with Gasteiger partial charge in [0, 0.05) is 16.1 Å². The van der Waals surface area contributed by atoms with Crippen LogP contribution in [0.15, 0.2) is 68.4 Å². The summed E-state index contributed by atoms with van der Waals surface area (Å²) >= 11 is 10.3. The molecule has 0 unspecified atom stereocenters. The second kappa shape index (κ2) is 8.18. The van der Waals surface area contributed by atoms with Gasteiger partial charge in [0.25, 0.3) is 5.91 Å². The van der Waals surface area contributed by atoms with Crippen LogP contribution >= 0.6 is 39.9 Å². The van der Waals surface area contributed by atoms with E-state index in [0.717, 1.165) is 27.1 Å². The lowest BCUT2D eigenvalue weighted by Crippen LogP contribution is -2.27. The van der Waals surface area contributed by atoms with E-state index in [1.807, 2.05) is 49.4 Å². The summed E-state index contributed by atoms with van der Waals surface area (Å²) in [5.41, 5.74) is 2.83. The molecular weight excluding hydrogens is 470 g/mol. The summed E-state index contributed by atoms with van der Waals surface area (Å²) in [5, 5.41) is 0. The predicted molar refractivity (Wildman–Crippen MR) is 125 cm³/mol. The van der Waals surface area contributed by atoms with Crippen LogP contribution in [0.5, 0.6) is 5.75 Å². The highest BCUT2D eigenvalue weighted by atomic mass is 79.9. The molecule has 0 spiro atoms. The summed E-state index contributed by atoms with van der Waals surface area (Å²) in [6, 6.07) is 17.0. The molecule has 1 saturated heterocycles. The highest BCUT2D eigenvalue weighted by molar-refractivity contribution is 9.10. The van der Waals surface area contributed by atoms with E-state index in [9.17, 15) is 4.79 Å². The Kier molecular flexibility index (Phi) is 5.63. The lowest BCUT2D eigenvalue weighted by atomic mass is 10.1. The molecular formula is C22H16BrNO3S2. The normalized spacial score (nSPS) is 15.4. The van der Waals surface area contributed by atoms with Gasteiger partial charge in [-0.15, -0.1) is 0 Å². The summed E-state index contributed by atoms with van der Waals surface area (Å²) in [4.78, 5) is 15.0. The van der Waals surface area contributed by atoms with Crippen LogP contribution in [0.2, 0.25) is 0 Å². The number of carbonyl (C=O) groups is 1. The Morgan fingerprint density at radius 1 is 1.14 bits per heavy atom. The molecule has 1 aliphatic heterocycles. The van der Waals surface area contributed by atoms with Gasteiger partial charge in [-0.3, -0.25) is 9.69 Å². The topological polar surface area (TPSA) is 42.7 Å². The lowest BCUT2D eigenvalue weighted by Gasteiger charge is -2.14. The monoisotopic (exact) mass is 485 g/mol. The van der Waals surface area contributed by atoms with Gasteiger partial charge in [0.15, 0.2) is 4.32 Å². The number of carbonyl (C=O) groups excluding carboxylic acids is 1. The third-order valence-electron chi connectivity index (χ3n) is 4.41. The van der Waals surface area contributed by atoms with Crippen LogP contribution in [0.3, 0.4) is 0 Å². The molecule has 2 aromatic carbocycles. The third-order valence-corrected chi connectivity index (χ3v) is 6.37. The molecule has 0 bridgehead atoms. The number of furan rings is 1. The van der Waals surface area contributed by atoms with Gasteiger partial charge in [-0.2, -0.15) is 0 Å². The second-order valence-corrected chi connectivity index (χ2v) is 8.93. The molecule has 1 aromatic heterocycles. The molecule has 0 atom stereocenters. The van der Waals surface area contributed by atoms with E-state index < -0.39 is 0 Å². The van der Waals surface area contributed by atoms with Crippen molar-refractivity contribution in [2.24, 2.45) is 0 Å². The first kappa shape index (κ1) is 19.9. The molecule has 2 heterocycles. The van der Waals surface area contributed by atoms with Gasteiger partial charge in [-0.1, -0.05) is 46.0 Å². The summed E-state index contributed by atoms with van der Waals surface area (Å²) < 4.78 is 12.6. The maximum absolute atomic E-state index is 12.9. The van der Waals surface area contributed by atoms with E-state index in [0.29, 0.717) is 20.7 Å². The number of hydrogen-bond donors (Lipinski definition) is 0. The van der Waals surface area contributed by atoms with Gasteiger partial charge in [0.05, 0.1) is 17.7 Å². The number of thioether (sulfide) groups is 1. The molecule has 0 saturated carbocycles. The Balaban J connectivity index is 1.60. The highest BCUT2D eigenvalue weighted by Gasteiger charge is 2.33. The number of amides is 1. The summed E-state index contributed by atoms with van der Waals surface area (Å²) in [6.45, 7) is 2.03. The van der Waals surface area contributed by atoms with E-state index in [-0.39, 0.29) is 5.91 Å². The van der Waals surface area contributed by atoms with Crippen molar-refractivity contribution in [2.75, 3.05) is 12.0 Å². The van der Waals surface area contributed by atoms with Gasteiger partial charge < -0.3 is 9.15 Å². The molecule has 146 valence electrons. The molecule has 7 heteroatoms. The summed E-state index contributed by atoms with van der Waals surface area (Å²) in [6.07, 6.45) is 1.73. The van der Waals surface area contributed by atoms with Crippen molar-refractivity contribution in [1.82, 2.24) is 0 Å². The molecule has 1 aliphatic rings. The second-order valence-electron chi connectivity index (χ2n) is 6.40. The van der Waals surface area contributed by atoms with Crippen LogP contribution in [-0.2, 0) is 4.79 Å². The van der Waals surface area contributed by atoms with Crippen molar-refractivity contribution < 1.29 is 13.9 Å². The number of methoxy groups -OCH3 is 1. The molecule has 1 amide bonds. The fourth-order valence-corrected chi connectivity index (χ4v) is 4.91. The van der Waals surface area contributed by atoms with E-state index in [1.54, 1.807) is 25.3 Å². The molecule has 4 nitrogen and oxygen atoms in total. The minimum atomic E-state index is -0.167. The Morgan fingerprint density at radius 2 is 1.90 bits per heavy atom. The van der Waals surface area contributed by atoms with Crippen LogP contribution in [0, 0.1) is 6.92 Å². The number of nitrogens with zero attached hydrogens (tertiary/aromatic N) is 1. The third kappa shape index (κ3) is 4.03. The zero-order valence-electron chi connectivity index (χ0n) is 15.6. The smallest absolute Gasteiger partial charge is 0.270 e. The SMILES string of the molecule is COc1ccc(N2C(=O)/C(=C\c3ccc(-c4ccc(C)cc4Br)o3)SC2=S)cc1. The first-order chi connectivity index (χ1) is 14.0. The van der Waals surface area contributed by atoms with E-state index in [1.165, 1.54) is 16.7 Å². The number of thiocarbonyl (C=S) groups is 1. The largest absolute Gasteiger partial charge is 0.497 e. The number of aryl methyl sites for hydroxylation is 1. The Labute approximate surface area is 186 Å². The fourth-order valence-electron chi connectivity index (χ4n) is 2.95. The standard InChI is InChI=1S/C22H16BrNO3S2/c1-13-3-9-17(18(23)11-13)19-10-8-16(27-19)12-20-21(25)24(22(28)29-20)14-4-6-15(26-2)7-5-14/h3-12H,1-2H3/b20-12+. The van der Waals surface area contributed by atoms with Crippen molar-refractivity contribution in [3.05, 3.63) is 75.3 Å². The van der Waals surface area contributed by atoms with Gasteiger partial charge in [-0.05, 0) is 61.0 Å². The highest BCUT2D eigenvalue weighted by Crippen LogP contribution is 2.37. The van der Waals surface area contributed by atoms with Crippen LogP contribution in [0.4, 0.5) is 5.69 Å². The molecule has 1 fully saturated rings. The van der Waals surface area contributed by atoms with Crippen LogP contribution < -0.4 is 9.64 Å². The molecule has 0 radical (unpaired) electrons. The predicted octanol–water partition coefficient (Wildman–Crippen LogP) is 6.43. The number of halogens is 1. The van der Waals surface area contributed by atoms with E-state index >= 15 is 0 Å². The van der Waals surface area contributed by atoms with Crippen LogP contribution in [0.25, 0.3) is 17.4 Å². The summed E-state index contributed by atoms with van der Waals surface area (Å²) in [7, 11) is 1.60. The average molecular weight is 486 g/mol. The number of benzene rings is 2. The maximum Gasteiger partial charge on any atom is 0.270 e. The zero-order valence-corrected chi connectivity index (χ0v) is 18.9. The zero-order chi connectivity index (χ0) is 20.5. The Hall–Kier alpha value is -2.35. The molecule has 29 heavy (non-hydrogen) atoms. The van der Waals surface area contributed by atoms with Crippen LogP contribution in [-0.4, -0.2) is 17.3 Å². The van der Waals surface area contributed by atoms with Crippen molar-refractivity contribution >= 4 is 61.9 Å². The molecule has 3 aromatic rings. The van der Waals surface area contributed by atoms with E-state index in [2.05, 4.69) is 15.9 Å². The van der Waals surface area contributed by atoms with Crippen molar-refractivity contribution in [3.8, 4) is 17.1 Å². The molecule has 4 rings (SSSR count). The number of rotatable bonds is 4. The van der Waals surface area contributed by atoms with Gasteiger partial charge >= 0.3 is 0 Å². The van der Waals surface area contributed by atoms with Gasteiger partial charge in [-0.25, -0.2) is 0 Å². The molecule has 0 aliphatic carbocycles. The Morgan fingerprint density at radius 3 is 2.59 bits per heavy atom. The summed E-state index contributed by atoms with van der Waals surface area (Å²) in [5.74, 6) is 1.89. The number of ether oxygens (including phenoxy) is 1. The minimum absolute atomic E-state index is 0.167. The van der Waals surface area contributed by atoms with Gasteiger partial charge in [0.1, 0.15) is 17.3 Å².